The molecule has 2 aromatic rings. The van der Waals surface area contributed by atoms with Crippen LogP contribution in [0.25, 0.3) is 0 Å². The average molecular weight is 242 g/mol. The lowest BCUT2D eigenvalue weighted by atomic mass is 10.1. The van der Waals surface area contributed by atoms with E-state index in [1.165, 1.54) is 16.8 Å². The molecule has 18 heavy (non-hydrogen) atoms. The van der Waals surface area contributed by atoms with Gasteiger partial charge in [0, 0.05) is 31.6 Å². The molecular formula is C14H18N4. The molecule has 0 unspecified atom stereocenters. The van der Waals surface area contributed by atoms with E-state index in [1.807, 2.05) is 0 Å². The highest BCUT2D eigenvalue weighted by atomic mass is 15.2. The quantitative estimate of drug-likeness (QED) is 0.852. The third kappa shape index (κ3) is 2.17. The molecule has 4 heteroatoms. The summed E-state index contributed by atoms with van der Waals surface area (Å²) >= 11 is 0. The number of rotatable bonds is 4. The minimum atomic E-state index is 0.663. The van der Waals surface area contributed by atoms with Crippen LogP contribution in [0.2, 0.25) is 0 Å². The molecule has 0 saturated carbocycles. The second-order valence-electron chi connectivity index (χ2n) is 4.80. The fourth-order valence-electron chi connectivity index (χ4n) is 2.56. The van der Waals surface area contributed by atoms with E-state index < -0.39 is 0 Å². The lowest BCUT2D eigenvalue weighted by molar-refractivity contribution is 0.271. The number of fused-ring (bicyclic) bond motifs is 1. The molecule has 1 aliphatic heterocycles. The van der Waals surface area contributed by atoms with Crippen LogP contribution in [0.4, 0.5) is 0 Å². The van der Waals surface area contributed by atoms with Crippen molar-refractivity contribution in [3.8, 4) is 0 Å². The lowest BCUT2D eigenvalue weighted by Gasteiger charge is -2.15. The van der Waals surface area contributed by atoms with Gasteiger partial charge in [0.25, 0.3) is 0 Å². The third-order valence-electron chi connectivity index (χ3n) is 3.43. The summed E-state index contributed by atoms with van der Waals surface area (Å²) in [4.78, 5) is 2.43. The number of benzene rings is 1. The Balaban J connectivity index is 1.69. The molecule has 1 aromatic carbocycles. The number of hydrogen-bond acceptors (Lipinski definition) is 3. The zero-order valence-corrected chi connectivity index (χ0v) is 10.4. The Morgan fingerprint density at radius 1 is 1.22 bits per heavy atom. The summed E-state index contributed by atoms with van der Waals surface area (Å²) in [6.07, 6.45) is 0.866. The molecule has 0 saturated heterocycles. The van der Waals surface area contributed by atoms with Gasteiger partial charge in [-0.1, -0.05) is 30.3 Å². The number of aromatic amines is 1. The molecule has 0 bridgehead atoms. The normalized spacial score (nSPS) is 14.9. The van der Waals surface area contributed by atoms with Gasteiger partial charge in [0.2, 0.25) is 0 Å². The molecule has 94 valence electrons. The molecule has 3 N–H and O–H groups in total. The Morgan fingerprint density at radius 2 is 2.06 bits per heavy atom. The fourth-order valence-corrected chi connectivity index (χ4v) is 2.56. The van der Waals surface area contributed by atoms with E-state index in [-0.39, 0.29) is 0 Å². The average Bonchev–Trinajstić information content (AvgIpc) is 2.93. The van der Waals surface area contributed by atoms with E-state index in [0.717, 1.165) is 31.7 Å². The number of nitrogens with two attached hydrogens (primary N) is 1. The van der Waals surface area contributed by atoms with E-state index in [4.69, 9.17) is 5.73 Å². The van der Waals surface area contributed by atoms with E-state index in [1.54, 1.807) is 0 Å². The summed E-state index contributed by atoms with van der Waals surface area (Å²) in [6.45, 7) is 3.60. The van der Waals surface area contributed by atoms with Gasteiger partial charge in [0.1, 0.15) is 0 Å². The Bertz CT molecular complexity index is 518. The summed E-state index contributed by atoms with van der Waals surface area (Å²) in [7, 11) is 0. The van der Waals surface area contributed by atoms with E-state index in [0.29, 0.717) is 6.54 Å². The second kappa shape index (κ2) is 4.92. The van der Waals surface area contributed by atoms with Crippen molar-refractivity contribution in [3.05, 3.63) is 52.8 Å². The maximum atomic E-state index is 5.60. The number of aromatic nitrogens is 2. The summed E-state index contributed by atoms with van der Waals surface area (Å²) in [6, 6.07) is 10.6. The molecule has 3 rings (SSSR count). The molecule has 0 fully saturated rings. The van der Waals surface area contributed by atoms with Crippen LogP contribution in [0.1, 0.15) is 22.5 Å². The third-order valence-corrected chi connectivity index (χ3v) is 3.43. The molecule has 0 radical (unpaired) electrons. The van der Waals surface area contributed by atoms with Crippen LogP contribution in [-0.4, -0.2) is 21.6 Å². The minimum absolute atomic E-state index is 0.663. The Morgan fingerprint density at radius 3 is 2.83 bits per heavy atom. The van der Waals surface area contributed by atoms with Crippen molar-refractivity contribution in [2.24, 2.45) is 5.73 Å². The van der Waals surface area contributed by atoms with Gasteiger partial charge < -0.3 is 5.73 Å². The minimum Gasteiger partial charge on any atom is -0.330 e. The fraction of sp³-hybridized carbons (Fsp3) is 0.357. The molecule has 2 heterocycles. The lowest BCUT2D eigenvalue weighted by Crippen LogP contribution is -2.17. The summed E-state index contributed by atoms with van der Waals surface area (Å²) in [5, 5.41) is 7.48. The Hall–Kier alpha value is -1.65. The van der Waals surface area contributed by atoms with Gasteiger partial charge in [-0.25, -0.2) is 0 Å². The molecule has 0 aliphatic carbocycles. The van der Waals surface area contributed by atoms with Crippen molar-refractivity contribution in [1.82, 2.24) is 15.1 Å². The highest BCUT2D eigenvalue weighted by molar-refractivity contribution is 5.29. The first-order valence-electron chi connectivity index (χ1n) is 6.38. The summed E-state index contributed by atoms with van der Waals surface area (Å²) in [5.41, 5.74) is 10.7. The van der Waals surface area contributed by atoms with Crippen LogP contribution in [0, 0.1) is 0 Å². The van der Waals surface area contributed by atoms with Crippen molar-refractivity contribution >= 4 is 0 Å². The summed E-state index contributed by atoms with van der Waals surface area (Å²) < 4.78 is 0. The van der Waals surface area contributed by atoms with Gasteiger partial charge in [-0.05, 0) is 12.1 Å². The van der Waals surface area contributed by atoms with Crippen molar-refractivity contribution in [2.75, 3.05) is 6.54 Å². The van der Waals surface area contributed by atoms with Gasteiger partial charge in [-0.3, -0.25) is 10.00 Å². The first kappa shape index (κ1) is 11.4. The van der Waals surface area contributed by atoms with Crippen LogP contribution < -0.4 is 5.73 Å². The van der Waals surface area contributed by atoms with Gasteiger partial charge in [0.05, 0.1) is 11.4 Å². The Labute approximate surface area is 107 Å². The maximum absolute atomic E-state index is 5.60. The standard InChI is InChI=1S/C14H18N4/c15-7-6-13-12-9-18(10-14(12)17-16-13)8-11-4-2-1-3-5-11/h1-5H,6-10,15H2,(H,16,17). The van der Waals surface area contributed by atoms with E-state index in [9.17, 15) is 0 Å². The smallest absolute Gasteiger partial charge is 0.0683 e. The largest absolute Gasteiger partial charge is 0.330 e. The molecule has 1 aromatic heterocycles. The molecule has 0 spiro atoms. The van der Waals surface area contributed by atoms with Gasteiger partial charge in [-0.2, -0.15) is 5.10 Å². The predicted molar refractivity (Wildman–Crippen MR) is 70.7 cm³/mol. The highest BCUT2D eigenvalue weighted by Crippen LogP contribution is 2.25. The van der Waals surface area contributed by atoms with Gasteiger partial charge in [-0.15, -0.1) is 0 Å². The van der Waals surface area contributed by atoms with Crippen LogP contribution in [0.3, 0.4) is 0 Å². The summed E-state index contributed by atoms with van der Waals surface area (Å²) in [5.74, 6) is 0. The van der Waals surface area contributed by atoms with Crippen molar-refractivity contribution in [3.63, 3.8) is 0 Å². The molecule has 0 atom stereocenters. The van der Waals surface area contributed by atoms with Gasteiger partial charge >= 0.3 is 0 Å². The number of H-pyrrole nitrogens is 1. The second-order valence-corrected chi connectivity index (χ2v) is 4.80. The van der Waals surface area contributed by atoms with Crippen molar-refractivity contribution in [1.29, 1.82) is 0 Å². The highest BCUT2D eigenvalue weighted by Gasteiger charge is 2.24. The van der Waals surface area contributed by atoms with Crippen LogP contribution in [-0.2, 0) is 26.1 Å². The SMILES string of the molecule is NCCc1n[nH]c2c1CN(Cc1ccccc1)C2. The molecule has 1 aliphatic rings. The zero-order chi connectivity index (χ0) is 12.4. The number of hydrogen-bond donors (Lipinski definition) is 2. The van der Waals surface area contributed by atoms with Crippen molar-refractivity contribution < 1.29 is 0 Å². The topological polar surface area (TPSA) is 57.9 Å². The van der Waals surface area contributed by atoms with Gasteiger partial charge in [0.15, 0.2) is 0 Å². The zero-order valence-electron chi connectivity index (χ0n) is 10.4. The van der Waals surface area contributed by atoms with Crippen LogP contribution in [0.5, 0.6) is 0 Å². The molecule has 0 amide bonds. The monoisotopic (exact) mass is 242 g/mol. The van der Waals surface area contributed by atoms with E-state index in [2.05, 4.69) is 45.4 Å². The predicted octanol–water partition coefficient (Wildman–Crippen LogP) is 1.43. The van der Waals surface area contributed by atoms with Crippen LogP contribution in [0.15, 0.2) is 30.3 Å². The van der Waals surface area contributed by atoms with Crippen LogP contribution >= 0.6 is 0 Å². The number of nitrogens with one attached hydrogen (secondary N) is 1. The first-order chi connectivity index (χ1) is 8.86. The maximum Gasteiger partial charge on any atom is 0.0683 e. The van der Waals surface area contributed by atoms with Crippen molar-refractivity contribution in [2.45, 2.75) is 26.1 Å². The molecular weight excluding hydrogens is 224 g/mol. The number of nitrogens with zero attached hydrogens (tertiary/aromatic N) is 2. The first-order valence-corrected chi connectivity index (χ1v) is 6.38. The Kier molecular flexibility index (Phi) is 3.13. The van der Waals surface area contributed by atoms with E-state index >= 15 is 0 Å². The molecule has 4 nitrogen and oxygen atoms in total.